The second-order valence-electron chi connectivity index (χ2n) is 4.80. The summed E-state index contributed by atoms with van der Waals surface area (Å²) in [6.45, 7) is 6.65. The molecule has 1 aromatic heterocycles. The average Bonchev–Trinajstić information content (AvgIpc) is 2.49. The summed E-state index contributed by atoms with van der Waals surface area (Å²) in [6.07, 6.45) is 3.19. The number of ether oxygens (including phenoxy) is 1. The number of hydrogen-bond acceptors (Lipinski definition) is 4. The molecule has 0 unspecified atom stereocenters. The van der Waals surface area contributed by atoms with Gasteiger partial charge in [-0.25, -0.2) is 14.4 Å². The van der Waals surface area contributed by atoms with Crippen molar-refractivity contribution in [2.24, 2.45) is 0 Å². The molecule has 0 saturated carbocycles. The molecule has 21 heavy (non-hydrogen) atoms. The topological polar surface area (TPSA) is 47.0 Å². The predicted octanol–water partition coefficient (Wildman–Crippen LogP) is 4.10. The lowest BCUT2D eigenvalue weighted by molar-refractivity contribution is 0.450. The fraction of sp³-hybridized carbons (Fsp3) is 0.375. The van der Waals surface area contributed by atoms with Crippen LogP contribution in [-0.4, -0.2) is 16.5 Å². The molecule has 0 fully saturated rings. The van der Waals surface area contributed by atoms with E-state index in [1.54, 1.807) is 19.1 Å². The van der Waals surface area contributed by atoms with Crippen LogP contribution in [0.4, 0.5) is 10.2 Å². The highest BCUT2D eigenvalue weighted by molar-refractivity contribution is 5.49. The van der Waals surface area contributed by atoms with E-state index in [4.69, 9.17) is 4.74 Å². The lowest BCUT2D eigenvalue weighted by Gasteiger charge is -2.13. The van der Waals surface area contributed by atoms with Crippen LogP contribution in [0, 0.1) is 12.7 Å². The summed E-state index contributed by atoms with van der Waals surface area (Å²) in [6, 6.07) is 4.79. The molecule has 0 atom stereocenters. The highest BCUT2D eigenvalue weighted by Crippen LogP contribution is 2.28. The second kappa shape index (κ2) is 7.02. The van der Waals surface area contributed by atoms with Crippen molar-refractivity contribution in [2.45, 2.75) is 33.6 Å². The summed E-state index contributed by atoms with van der Waals surface area (Å²) in [5.41, 5.74) is 1.48. The minimum absolute atomic E-state index is 0.288. The van der Waals surface area contributed by atoms with Gasteiger partial charge < -0.3 is 10.1 Å². The van der Waals surface area contributed by atoms with E-state index >= 15 is 0 Å². The first kappa shape index (κ1) is 15.2. The molecule has 1 N–H and O–H groups in total. The monoisotopic (exact) mass is 289 g/mol. The lowest BCUT2D eigenvalue weighted by Crippen LogP contribution is -2.07. The first-order valence-corrected chi connectivity index (χ1v) is 7.17. The van der Waals surface area contributed by atoms with Gasteiger partial charge in [0, 0.05) is 12.6 Å². The van der Waals surface area contributed by atoms with Crippen LogP contribution in [0.25, 0.3) is 0 Å². The summed E-state index contributed by atoms with van der Waals surface area (Å²) in [5.74, 6) is 1.39. The molecule has 0 amide bonds. The van der Waals surface area contributed by atoms with Crippen molar-refractivity contribution in [1.29, 1.82) is 0 Å². The number of aromatic nitrogens is 2. The van der Waals surface area contributed by atoms with E-state index in [0.29, 0.717) is 17.2 Å². The van der Waals surface area contributed by atoms with Crippen LogP contribution in [0.2, 0.25) is 0 Å². The fourth-order valence-corrected chi connectivity index (χ4v) is 1.95. The Kier molecular flexibility index (Phi) is 5.09. The summed E-state index contributed by atoms with van der Waals surface area (Å²) in [5, 5.41) is 3.26. The second-order valence-corrected chi connectivity index (χ2v) is 4.80. The van der Waals surface area contributed by atoms with Crippen LogP contribution in [0.15, 0.2) is 24.5 Å². The Morgan fingerprint density at radius 1 is 1.24 bits per heavy atom. The molecule has 0 bridgehead atoms. The molecular weight excluding hydrogens is 269 g/mol. The van der Waals surface area contributed by atoms with Gasteiger partial charge in [0.05, 0.1) is 5.56 Å². The number of halogens is 1. The molecule has 0 saturated heterocycles. The molecule has 0 spiro atoms. The largest absolute Gasteiger partial charge is 0.438 e. The molecule has 0 aliphatic rings. The van der Waals surface area contributed by atoms with E-state index in [9.17, 15) is 4.39 Å². The van der Waals surface area contributed by atoms with Crippen LogP contribution < -0.4 is 10.1 Å². The highest BCUT2D eigenvalue weighted by atomic mass is 19.1. The van der Waals surface area contributed by atoms with Crippen molar-refractivity contribution in [1.82, 2.24) is 9.97 Å². The maximum Gasteiger partial charge on any atom is 0.227 e. The average molecular weight is 289 g/mol. The summed E-state index contributed by atoms with van der Waals surface area (Å²) in [4.78, 5) is 8.41. The fourth-order valence-electron chi connectivity index (χ4n) is 1.95. The Bertz CT molecular complexity index is 616. The normalized spacial score (nSPS) is 10.5. The Hall–Kier alpha value is -2.17. The molecule has 0 aliphatic heterocycles. The minimum Gasteiger partial charge on any atom is -0.438 e. The van der Waals surface area contributed by atoms with E-state index < -0.39 is 0 Å². The zero-order valence-corrected chi connectivity index (χ0v) is 12.6. The summed E-state index contributed by atoms with van der Waals surface area (Å²) >= 11 is 0. The third kappa shape index (κ3) is 3.68. The van der Waals surface area contributed by atoms with Gasteiger partial charge in [0.1, 0.15) is 23.7 Å². The van der Waals surface area contributed by atoms with E-state index in [2.05, 4.69) is 22.2 Å². The number of rotatable bonds is 6. The first-order chi connectivity index (χ1) is 10.2. The first-order valence-electron chi connectivity index (χ1n) is 7.17. The van der Waals surface area contributed by atoms with E-state index in [0.717, 1.165) is 30.8 Å². The van der Waals surface area contributed by atoms with Crippen molar-refractivity contribution >= 4 is 5.82 Å². The van der Waals surface area contributed by atoms with Crippen molar-refractivity contribution in [3.8, 4) is 11.6 Å². The van der Waals surface area contributed by atoms with Crippen molar-refractivity contribution in [2.75, 3.05) is 11.9 Å². The third-order valence-electron chi connectivity index (χ3n) is 3.16. The van der Waals surface area contributed by atoms with Crippen LogP contribution >= 0.6 is 0 Å². The molecule has 0 radical (unpaired) electrons. The smallest absolute Gasteiger partial charge is 0.227 e. The summed E-state index contributed by atoms with van der Waals surface area (Å²) < 4.78 is 19.3. The van der Waals surface area contributed by atoms with Crippen LogP contribution in [0.3, 0.4) is 0 Å². The standard InChI is InChI=1S/C16H20FN3O/c1-4-8-18-15-13(5-2)16(20-10-19-15)21-12-7-6-11(3)14(17)9-12/h6-7,9-10H,4-5,8H2,1-3H3,(H,18,19,20). The van der Waals surface area contributed by atoms with Gasteiger partial charge in [0.15, 0.2) is 0 Å². The van der Waals surface area contributed by atoms with Crippen LogP contribution in [0.5, 0.6) is 11.6 Å². The lowest BCUT2D eigenvalue weighted by atomic mass is 10.2. The molecule has 5 heteroatoms. The van der Waals surface area contributed by atoms with Crippen LogP contribution in [-0.2, 0) is 6.42 Å². The summed E-state index contributed by atoms with van der Waals surface area (Å²) in [7, 11) is 0. The molecular formula is C16H20FN3O. The van der Waals surface area contributed by atoms with E-state index in [-0.39, 0.29) is 5.82 Å². The van der Waals surface area contributed by atoms with E-state index in [1.165, 1.54) is 12.4 Å². The number of nitrogens with zero attached hydrogens (tertiary/aromatic N) is 2. The van der Waals surface area contributed by atoms with Gasteiger partial charge in [0.2, 0.25) is 5.88 Å². The van der Waals surface area contributed by atoms with Gasteiger partial charge in [-0.3, -0.25) is 0 Å². The quantitative estimate of drug-likeness (QED) is 0.869. The zero-order valence-electron chi connectivity index (χ0n) is 12.6. The van der Waals surface area contributed by atoms with Gasteiger partial charge in [-0.15, -0.1) is 0 Å². The molecule has 1 aromatic carbocycles. The number of nitrogens with one attached hydrogen (secondary N) is 1. The Balaban J connectivity index is 2.28. The molecule has 2 aromatic rings. The minimum atomic E-state index is -0.288. The number of benzene rings is 1. The van der Waals surface area contributed by atoms with Gasteiger partial charge >= 0.3 is 0 Å². The van der Waals surface area contributed by atoms with Crippen molar-refractivity contribution in [3.05, 3.63) is 41.5 Å². The van der Waals surface area contributed by atoms with Gasteiger partial charge in [-0.1, -0.05) is 19.9 Å². The molecule has 0 aliphatic carbocycles. The highest BCUT2D eigenvalue weighted by Gasteiger charge is 2.12. The molecule has 2 rings (SSSR count). The Morgan fingerprint density at radius 2 is 2.05 bits per heavy atom. The maximum absolute atomic E-state index is 13.6. The molecule has 4 nitrogen and oxygen atoms in total. The number of aryl methyl sites for hydroxylation is 1. The van der Waals surface area contributed by atoms with Gasteiger partial charge in [-0.2, -0.15) is 0 Å². The Labute approximate surface area is 124 Å². The van der Waals surface area contributed by atoms with Gasteiger partial charge in [0.25, 0.3) is 0 Å². The van der Waals surface area contributed by atoms with Gasteiger partial charge in [-0.05, 0) is 31.4 Å². The third-order valence-corrected chi connectivity index (χ3v) is 3.16. The molecule has 1 heterocycles. The zero-order chi connectivity index (χ0) is 15.2. The number of hydrogen-bond donors (Lipinski definition) is 1. The number of anilines is 1. The van der Waals surface area contributed by atoms with E-state index in [1.807, 2.05) is 6.92 Å². The van der Waals surface area contributed by atoms with Crippen LogP contribution in [0.1, 0.15) is 31.4 Å². The SMILES string of the molecule is CCCNc1ncnc(Oc2ccc(C)c(F)c2)c1CC. The predicted molar refractivity (Wildman–Crippen MR) is 81.4 cm³/mol. The maximum atomic E-state index is 13.6. The van der Waals surface area contributed by atoms with Crippen molar-refractivity contribution in [3.63, 3.8) is 0 Å². The molecule has 112 valence electrons. The Morgan fingerprint density at radius 3 is 2.71 bits per heavy atom. The van der Waals surface area contributed by atoms with Crippen molar-refractivity contribution < 1.29 is 9.13 Å².